The predicted octanol–water partition coefficient (Wildman–Crippen LogP) is 5.54. The SMILES string of the molecule is COCc1cc(C(=O)Nc2ccccc2OCCCCCC(=O)N2CCC(N(C)C)CC2)ccc1NC(=O)c1ccccc1O. The van der Waals surface area contributed by atoms with Crippen molar-refractivity contribution >= 4 is 29.1 Å². The number of aromatic hydroxyl groups is 1. The van der Waals surface area contributed by atoms with Crippen LogP contribution in [-0.4, -0.2) is 79.6 Å². The zero-order chi connectivity index (χ0) is 32.2. The van der Waals surface area contributed by atoms with E-state index in [1.807, 2.05) is 23.1 Å². The number of ether oxygens (including phenoxy) is 2. The van der Waals surface area contributed by atoms with Crippen LogP contribution in [0.5, 0.6) is 11.5 Å². The Kier molecular flexibility index (Phi) is 12.4. The average molecular weight is 617 g/mol. The van der Waals surface area contributed by atoms with Crippen LogP contribution in [0.15, 0.2) is 66.7 Å². The summed E-state index contributed by atoms with van der Waals surface area (Å²) in [6.07, 6.45) is 5.11. The van der Waals surface area contributed by atoms with Crippen molar-refractivity contribution < 1.29 is 29.0 Å². The number of hydrogen-bond donors (Lipinski definition) is 3. The Labute approximate surface area is 265 Å². The Morgan fingerprint density at radius 3 is 2.33 bits per heavy atom. The fourth-order valence-corrected chi connectivity index (χ4v) is 5.40. The van der Waals surface area contributed by atoms with Crippen LogP contribution in [0.4, 0.5) is 11.4 Å². The lowest BCUT2D eigenvalue weighted by molar-refractivity contribution is -0.132. The van der Waals surface area contributed by atoms with Gasteiger partial charge in [0.25, 0.3) is 11.8 Å². The van der Waals surface area contributed by atoms with Crippen molar-refractivity contribution in [2.45, 2.75) is 51.2 Å². The normalized spacial score (nSPS) is 13.5. The molecular weight excluding hydrogens is 572 g/mol. The highest BCUT2D eigenvalue weighted by molar-refractivity contribution is 6.08. The van der Waals surface area contributed by atoms with Crippen LogP contribution in [0.1, 0.15) is 64.8 Å². The molecule has 1 saturated heterocycles. The first-order valence-electron chi connectivity index (χ1n) is 15.5. The lowest BCUT2D eigenvalue weighted by atomic mass is 10.0. The monoisotopic (exact) mass is 616 g/mol. The second kappa shape index (κ2) is 16.6. The van der Waals surface area contributed by atoms with Crippen molar-refractivity contribution in [2.24, 2.45) is 0 Å². The number of likely N-dealkylation sites (tertiary alicyclic amines) is 1. The lowest BCUT2D eigenvalue weighted by Gasteiger charge is -2.35. The third-order valence-electron chi connectivity index (χ3n) is 8.04. The van der Waals surface area contributed by atoms with E-state index >= 15 is 0 Å². The number of rotatable bonds is 14. The Bertz CT molecular complexity index is 1450. The molecule has 0 unspecified atom stereocenters. The fourth-order valence-electron chi connectivity index (χ4n) is 5.40. The quantitative estimate of drug-likeness (QED) is 0.204. The number of carbonyl (C=O) groups excluding carboxylic acids is 3. The van der Waals surface area contributed by atoms with Gasteiger partial charge in [0, 0.05) is 49.5 Å². The van der Waals surface area contributed by atoms with Crippen molar-refractivity contribution in [3.8, 4) is 11.5 Å². The van der Waals surface area contributed by atoms with Crippen LogP contribution in [0.2, 0.25) is 0 Å². The van der Waals surface area contributed by atoms with Crippen molar-refractivity contribution in [2.75, 3.05) is 51.5 Å². The third-order valence-corrected chi connectivity index (χ3v) is 8.04. The summed E-state index contributed by atoms with van der Waals surface area (Å²) in [5.74, 6) is -0.132. The average Bonchev–Trinajstić information content (AvgIpc) is 3.04. The second-order valence-electron chi connectivity index (χ2n) is 11.5. The zero-order valence-corrected chi connectivity index (χ0v) is 26.4. The number of anilines is 2. The molecule has 3 amide bonds. The Morgan fingerprint density at radius 2 is 1.60 bits per heavy atom. The summed E-state index contributed by atoms with van der Waals surface area (Å²) < 4.78 is 11.3. The number of methoxy groups -OCH3 is 1. The summed E-state index contributed by atoms with van der Waals surface area (Å²) in [5.41, 5.74) is 2.15. The molecule has 3 aromatic carbocycles. The van der Waals surface area contributed by atoms with Gasteiger partial charge in [-0.3, -0.25) is 14.4 Å². The topological polar surface area (TPSA) is 120 Å². The van der Waals surface area contributed by atoms with Crippen molar-refractivity contribution in [1.82, 2.24) is 9.80 Å². The fraction of sp³-hybridized carbons (Fsp3) is 0.400. The first-order chi connectivity index (χ1) is 21.8. The molecule has 45 heavy (non-hydrogen) atoms. The molecule has 0 bridgehead atoms. The highest BCUT2D eigenvalue weighted by Gasteiger charge is 2.23. The predicted molar refractivity (Wildman–Crippen MR) is 175 cm³/mol. The van der Waals surface area contributed by atoms with Gasteiger partial charge in [0.2, 0.25) is 5.91 Å². The van der Waals surface area contributed by atoms with E-state index in [0.29, 0.717) is 47.3 Å². The number of piperidine rings is 1. The molecule has 0 radical (unpaired) electrons. The van der Waals surface area contributed by atoms with E-state index in [-0.39, 0.29) is 29.7 Å². The van der Waals surface area contributed by atoms with E-state index in [0.717, 1.165) is 45.2 Å². The van der Waals surface area contributed by atoms with Crippen molar-refractivity contribution in [1.29, 1.82) is 0 Å². The summed E-state index contributed by atoms with van der Waals surface area (Å²) >= 11 is 0. The number of carbonyl (C=O) groups is 3. The molecule has 3 aromatic rings. The molecule has 0 aliphatic carbocycles. The molecule has 10 nitrogen and oxygen atoms in total. The highest BCUT2D eigenvalue weighted by atomic mass is 16.5. The molecule has 1 heterocycles. The number of nitrogens with zero attached hydrogens (tertiary/aromatic N) is 2. The van der Waals surface area contributed by atoms with Crippen LogP contribution in [0.3, 0.4) is 0 Å². The minimum Gasteiger partial charge on any atom is -0.507 e. The molecule has 240 valence electrons. The zero-order valence-electron chi connectivity index (χ0n) is 26.4. The molecule has 0 saturated carbocycles. The molecule has 10 heteroatoms. The largest absolute Gasteiger partial charge is 0.507 e. The van der Waals surface area contributed by atoms with Gasteiger partial charge in [-0.05, 0) is 88.7 Å². The van der Waals surface area contributed by atoms with E-state index < -0.39 is 5.91 Å². The molecule has 1 fully saturated rings. The van der Waals surface area contributed by atoms with E-state index in [9.17, 15) is 19.5 Å². The van der Waals surface area contributed by atoms with E-state index in [4.69, 9.17) is 9.47 Å². The van der Waals surface area contributed by atoms with Crippen LogP contribution in [-0.2, 0) is 16.1 Å². The van der Waals surface area contributed by atoms with Crippen molar-refractivity contribution in [3.63, 3.8) is 0 Å². The lowest BCUT2D eigenvalue weighted by Crippen LogP contribution is -2.44. The maximum absolute atomic E-state index is 13.2. The van der Waals surface area contributed by atoms with Gasteiger partial charge in [0.05, 0.1) is 24.5 Å². The number of unbranched alkanes of at least 4 members (excludes halogenated alkanes) is 2. The van der Waals surface area contributed by atoms with Gasteiger partial charge in [-0.2, -0.15) is 0 Å². The van der Waals surface area contributed by atoms with Gasteiger partial charge >= 0.3 is 0 Å². The summed E-state index contributed by atoms with van der Waals surface area (Å²) in [6.45, 7) is 2.30. The molecule has 1 aliphatic heterocycles. The number of benzene rings is 3. The standard InChI is InChI=1S/C35H44N4O6/c1-38(2)27-18-20-39(21-19-27)33(41)15-5-4-10-22-45-32-14-9-7-12-30(32)37-34(42)25-16-17-29(26(23-25)24-44-3)36-35(43)28-11-6-8-13-31(28)40/h6-9,11-14,16-17,23,27,40H,4-5,10,15,18-22,24H2,1-3H3,(H,36,43)(H,37,42). The minimum atomic E-state index is -0.472. The smallest absolute Gasteiger partial charge is 0.259 e. The first-order valence-corrected chi connectivity index (χ1v) is 15.5. The van der Waals surface area contributed by atoms with Crippen LogP contribution in [0.25, 0.3) is 0 Å². The molecule has 1 aliphatic rings. The van der Waals surface area contributed by atoms with Crippen LogP contribution in [0, 0.1) is 0 Å². The van der Waals surface area contributed by atoms with E-state index in [1.165, 1.54) is 19.2 Å². The van der Waals surface area contributed by atoms with Gasteiger partial charge in [0.15, 0.2) is 0 Å². The van der Waals surface area contributed by atoms with Crippen LogP contribution < -0.4 is 15.4 Å². The van der Waals surface area contributed by atoms with Gasteiger partial charge in [-0.15, -0.1) is 0 Å². The van der Waals surface area contributed by atoms with Gasteiger partial charge < -0.3 is 35.0 Å². The number of hydrogen-bond acceptors (Lipinski definition) is 7. The maximum atomic E-state index is 13.2. The summed E-state index contributed by atoms with van der Waals surface area (Å²) in [6, 6.07) is 19.0. The van der Waals surface area contributed by atoms with Gasteiger partial charge in [-0.25, -0.2) is 0 Å². The summed E-state index contributed by atoms with van der Waals surface area (Å²) in [4.78, 5) is 42.8. The second-order valence-corrected chi connectivity index (χ2v) is 11.5. The third kappa shape index (κ3) is 9.54. The Morgan fingerprint density at radius 1 is 0.889 bits per heavy atom. The number of para-hydroxylation sites is 3. The number of phenols is 1. The van der Waals surface area contributed by atoms with Gasteiger partial charge in [-0.1, -0.05) is 24.3 Å². The summed E-state index contributed by atoms with van der Waals surface area (Å²) in [7, 11) is 5.72. The van der Waals surface area contributed by atoms with Gasteiger partial charge in [0.1, 0.15) is 11.5 Å². The van der Waals surface area contributed by atoms with E-state index in [1.54, 1.807) is 36.4 Å². The number of amides is 3. The molecule has 4 rings (SSSR count). The molecular formula is C35H44N4O6. The highest BCUT2D eigenvalue weighted by Crippen LogP contribution is 2.27. The molecule has 3 N–H and O–H groups in total. The number of phenolic OH excluding ortho intramolecular Hbond substituents is 1. The van der Waals surface area contributed by atoms with Crippen molar-refractivity contribution in [3.05, 3.63) is 83.4 Å². The minimum absolute atomic E-state index is 0.123. The Balaban J connectivity index is 1.27. The first kappa shape index (κ1) is 33.5. The molecule has 0 atom stereocenters. The molecule has 0 aromatic heterocycles. The Hall–Kier alpha value is -4.41. The maximum Gasteiger partial charge on any atom is 0.259 e. The molecule has 0 spiro atoms. The van der Waals surface area contributed by atoms with E-state index in [2.05, 4.69) is 29.6 Å². The van der Waals surface area contributed by atoms with Crippen LogP contribution >= 0.6 is 0 Å². The number of nitrogens with one attached hydrogen (secondary N) is 2. The summed E-state index contributed by atoms with van der Waals surface area (Å²) in [5, 5.41) is 15.7.